The van der Waals surface area contributed by atoms with Crippen molar-refractivity contribution in [1.29, 1.82) is 0 Å². The zero-order valence-corrected chi connectivity index (χ0v) is 8.66. The zero-order chi connectivity index (χ0) is 12.4. The van der Waals surface area contributed by atoms with E-state index in [1.165, 1.54) is 24.3 Å². The Morgan fingerprint density at radius 3 is 2.35 bits per heavy atom. The van der Waals surface area contributed by atoms with Gasteiger partial charge < -0.3 is 5.11 Å². The van der Waals surface area contributed by atoms with Crippen molar-refractivity contribution in [1.82, 2.24) is 9.97 Å². The predicted octanol–water partition coefficient (Wildman–Crippen LogP) is 0.499. The summed E-state index contributed by atoms with van der Waals surface area (Å²) in [6.07, 6.45) is 0.109. The van der Waals surface area contributed by atoms with Gasteiger partial charge in [-0.3, -0.25) is 14.8 Å². The largest absolute Gasteiger partial charge is 0.494 e. The number of rotatable bonds is 2. The van der Waals surface area contributed by atoms with E-state index in [0.717, 1.165) is 0 Å². The van der Waals surface area contributed by atoms with Crippen LogP contribution in [0.2, 0.25) is 0 Å². The summed E-state index contributed by atoms with van der Waals surface area (Å²) >= 11 is 0. The van der Waals surface area contributed by atoms with Crippen LogP contribution in [0.1, 0.15) is 11.1 Å². The molecule has 0 saturated heterocycles. The van der Waals surface area contributed by atoms with Crippen LogP contribution in [0, 0.1) is 5.82 Å². The highest BCUT2D eigenvalue weighted by Gasteiger charge is 2.09. The molecular weight excluding hydrogens is 227 g/mol. The molecule has 0 bridgehead atoms. The van der Waals surface area contributed by atoms with Crippen LogP contribution in [0.5, 0.6) is 5.88 Å². The van der Waals surface area contributed by atoms with Crippen LogP contribution in [0.4, 0.5) is 4.39 Å². The molecular formula is C11H9FN2O3. The first-order chi connectivity index (χ1) is 8.06. The van der Waals surface area contributed by atoms with E-state index in [0.29, 0.717) is 5.56 Å². The van der Waals surface area contributed by atoms with E-state index in [9.17, 15) is 19.1 Å². The maximum atomic E-state index is 12.7. The lowest BCUT2D eigenvalue weighted by molar-refractivity contribution is 0.441. The summed E-state index contributed by atoms with van der Waals surface area (Å²) in [4.78, 5) is 26.4. The molecule has 0 spiro atoms. The van der Waals surface area contributed by atoms with Gasteiger partial charge in [0.25, 0.3) is 5.56 Å². The Hall–Kier alpha value is -2.37. The predicted molar refractivity (Wildman–Crippen MR) is 58.6 cm³/mol. The van der Waals surface area contributed by atoms with Crippen LogP contribution in [0.15, 0.2) is 33.9 Å². The van der Waals surface area contributed by atoms with Crippen molar-refractivity contribution in [3.63, 3.8) is 0 Å². The van der Waals surface area contributed by atoms with E-state index in [1.807, 2.05) is 4.98 Å². The number of halogens is 1. The molecule has 2 rings (SSSR count). The van der Waals surface area contributed by atoms with E-state index >= 15 is 0 Å². The lowest BCUT2D eigenvalue weighted by atomic mass is 10.1. The van der Waals surface area contributed by atoms with Crippen LogP contribution in [-0.2, 0) is 6.42 Å². The van der Waals surface area contributed by atoms with Crippen molar-refractivity contribution in [3.8, 4) is 5.88 Å². The molecule has 0 amide bonds. The highest BCUT2D eigenvalue weighted by molar-refractivity contribution is 5.29. The molecule has 0 saturated carbocycles. The van der Waals surface area contributed by atoms with Gasteiger partial charge in [0.1, 0.15) is 5.82 Å². The summed E-state index contributed by atoms with van der Waals surface area (Å²) in [7, 11) is 0. The Morgan fingerprint density at radius 2 is 1.76 bits per heavy atom. The zero-order valence-electron chi connectivity index (χ0n) is 8.66. The van der Waals surface area contributed by atoms with Gasteiger partial charge in [-0.25, -0.2) is 9.18 Å². The minimum Gasteiger partial charge on any atom is -0.494 e. The van der Waals surface area contributed by atoms with Crippen molar-refractivity contribution in [2.45, 2.75) is 6.42 Å². The average Bonchev–Trinajstić information content (AvgIpc) is 2.26. The fourth-order valence-electron chi connectivity index (χ4n) is 1.47. The quantitative estimate of drug-likeness (QED) is 0.709. The normalized spacial score (nSPS) is 10.4. The SMILES string of the molecule is O=c1[nH]c(O)c(Cc2ccc(F)cc2)c(=O)[nH]1. The number of aromatic nitrogens is 2. The highest BCUT2D eigenvalue weighted by Crippen LogP contribution is 2.12. The van der Waals surface area contributed by atoms with Gasteiger partial charge in [0.2, 0.25) is 5.88 Å². The van der Waals surface area contributed by atoms with Crippen molar-refractivity contribution in [2.75, 3.05) is 0 Å². The Balaban J connectivity index is 2.40. The van der Waals surface area contributed by atoms with Crippen molar-refractivity contribution >= 4 is 0 Å². The van der Waals surface area contributed by atoms with Crippen molar-refractivity contribution in [2.24, 2.45) is 0 Å². The third kappa shape index (κ3) is 2.41. The highest BCUT2D eigenvalue weighted by atomic mass is 19.1. The Bertz CT molecular complexity index is 643. The molecule has 0 radical (unpaired) electrons. The topological polar surface area (TPSA) is 85.9 Å². The standard InChI is InChI=1S/C11H9FN2O3/c12-7-3-1-6(2-4-7)5-8-9(15)13-11(17)14-10(8)16/h1-4H,5H2,(H3,13,14,15,16,17). The summed E-state index contributed by atoms with van der Waals surface area (Å²) in [5, 5.41) is 9.44. The van der Waals surface area contributed by atoms with E-state index in [4.69, 9.17) is 0 Å². The van der Waals surface area contributed by atoms with Gasteiger partial charge in [0.15, 0.2) is 0 Å². The summed E-state index contributed by atoms with van der Waals surface area (Å²) < 4.78 is 12.7. The van der Waals surface area contributed by atoms with Gasteiger partial charge in [-0.1, -0.05) is 12.1 Å². The Kier molecular flexibility index (Phi) is 2.78. The molecule has 3 N–H and O–H groups in total. The molecule has 88 valence electrons. The van der Waals surface area contributed by atoms with Gasteiger partial charge in [-0.05, 0) is 17.7 Å². The third-order valence-electron chi connectivity index (χ3n) is 2.31. The third-order valence-corrected chi connectivity index (χ3v) is 2.31. The molecule has 5 nitrogen and oxygen atoms in total. The second-order valence-electron chi connectivity index (χ2n) is 3.54. The smallest absolute Gasteiger partial charge is 0.328 e. The Morgan fingerprint density at radius 1 is 1.12 bits per heavy atom. The first kappa shape index (κ1) is 11.1. The molecule has 17 heavy (non-hydrogen) atoms. The van der Waals surface area contributed by atoms with Gasteiger partial charge in [0, 0.05) is 6.42 Å². The van der Waals surface area contributed by atoms with E-state index in [-0.39, 0.29) is 17.8 Å². The second kappa shape index (κ2) is 4.25. The van der Waals surface area contributed by atoms with Crippen LogP contribution in [0.25, 0.3) is 0 Å². The molecule has 0 atom stereocenters. The molecule has 0 unspecified atom stereocenters. The summed E-state index contributed by atoms with van der Waals surface area (Å²) in [5.41, 5.74) is -0.735. The van der Waals surface area contributed by atoms with Gasteiger partial charge >= 0.3 is 5.69 Å². The van der Waals surface area contributed by atoms with Crippen LogP contribution < -0.4 is 11.2 Å². The van der Waals surface area contributed by atoms with E-state index < -0.39 is 17.1 Å². The van der Waals surface area contributed by atoms with Crippen LogP contribution in [-0.4, -0.2) is 15.1 Å². The first-order valence-electron chi connectivity index (χ1n) is 4.85. The molecule has 2 aromatic rings. The summed E-state index contributed by atoms with van der Waals surface area (Å²) in [5.74, 6) is -0.851. The maximum absolute atomic E-state index is 12.7. The molecule has 1 aromatic heterocycles. The lowest BCUT2D eigenvalue weighted by Crippen LogP contribution is -2.25. The van der Waals surface area contributed by atoms with Gasteiger partial charge in [-0.15, -0.1) is 0 Å². The molecule has 0 aliphatic carbocycles. The maximum Gasteiger partial charge on any atom is 0.328 e. The molecule has 1 heterocycles. The van der Waals surface area contributed by atoms with E-state index in [1.54, 1.807) is 0 Å². The Labute approximate surface area is 94.6 Å². The van der Waals surface area contributed by atoms with Gasteiger partial charge in [0.05, 0.1) is 5.56 Å². The number of benzene rings is 1. The molecule has 1 aromatic carbocycles. The number of aromatic hydroxyl groups is 1. The van der Waals surface area contributed by atoms with E-state index in [2.05, 4.69) is 4.98 Å². The minimum absolute atomic E-state index is 0.0382. The average molecular weight is 236 g/mol. The number of nitrogens with one attached hydrogen (secondary N) is 2. The fourth-order valence-corrected chi connectivity index (χ4v) is 1.47. The first-order valence-corrected chi connectivity index (χ1v) is 4.85. The molecule has 0 aliphatic rings. The minimum atomic E-state index is -0.768. The molecule has 0 fully saturated rings. The number of hydrogen-bond donors (Lipinski definition) is 3. The van der Waals surface area contributed by atoms with Crippen molar-refractivity contribution in [3.05, 3.63) is 62.0 Å². The number of hydrogen-bond acceptors (Lipinski definition) is 3. The van der Waals surface area contributed by atoms with Gasteiger partial charge in [-0.2, -0.15) is 0 Å². The number of aromatic amines is 2. The number of H-pyrrole nitrogens is 2. The lowest BCUT2D eigenvalue weighted by Gasteiger charge is -2.02. The fraction of sp³-hybridized carbons (Fsp3) is 0.0909. The molecule has 6 heteroatoms. The van der Waals surface area contributed by atoms with Crippen LogP contribution in [0.3, 0.4) is 0 Å². The van der Waals surface area contributed by atoms with Crippen LogP contribution >= 0.6 is 0 Å². The molecule has 0 aliphatic heterocycles. The monoisotopic (exact) mass is 236 g/mol. The van der Waals surface area contributed by atoms with Crippen molar-refractivity contribution < 1.29 is 9.50 Å². The second-order valence-corrected chi connectivity index (χ2v) is 3.54. The summed E-state index contributed by atoms with van der Waals surface area (Å²) in [6, 6.07) is 5.51. The summed E-state index contributed by atoms with van der Waals surface area (Å²) in [6.45, 7) is 0.